The lowest BCUT2D eigenvalue weighted by atomic mass is 10.0. The Morgan fingerprint density at radius 3 is 0.862 bits per heavy atom. The molecule has 0 aliphatic carbocycles. The van der Waals surface area contributed by atoms with Crippen LogP contribution in [0.1, 0.15) is 43.1 Å². The Bertz CT molecular complexity index is 5940. The number of pyridine rings is 3. The van der Waals surface area contributed by atoms with E-state index in [9.17, 15) is 71.1 Å². The summed E-state index contributed by atoms with van der Waals surface area (Å²) in [6, 6.07) is 19.2. The van der Waals surface area contributed by atoms with Gasteiger partial charge in [-0.05, 0) is 91.0 Å². The third-order valence-corrected chi connectivity index (χ3v) is 23.1. The number of sulfonamides is 3. The summed E-state index contributed by atoms with van der Waals surface area (Å²) in [5.41, 5.74) is -1.49. The van der Waals surface area contributed by atoms with Gasteiger partial charge in [0, 0.05) is 129 Å². The van der Waals surface area contributed by atoms with E-state index in [-0.39, 0.29) is 188 Å². The molecule has 3 amide bonds. The lowest BCUT2D eigenvalue weighted by molar-refractivity contribution is -0.125. The molecule has 12 rings (SSSR count). The number of carbonyl (C=O) groups excluding carboxylic acids is 3. The number of benzene rings is 6. The summed E-state index contributed by atoms with van der Waals surface area (Å²) >= 11 is 18.0. The Morgan fingerprint density at radius 2 is 0.650 bits per heavy atom. The summed E-state index contributed by atoms with van der Waals surface area (Å²) in [6.07, 6.45) is 8.83. The predicted molar refractivity (Wildman–Crippen MR) is 458 cm³/mol. The van der Waals surface area contributed by atoms with Gasteiger partial charge in [0.25, 0.3) is 46.7 Å². The van der Waals surface area contributed by atoms with Gasteiger partial charge in [0.2, 0.25) is 35.4 Å². The van der Waals surface area contributed by atoms with Gasteiger partial charge in [0.15, 0.2) is 0 Å². The third-order valence-electron chi connectivity index (χ3n) is 17.6. The Kier molecular flexibility index (Phi) is 34.6. The second-order valence-electron chi connectivity index (χ2n) is 25.7. The van der Waals surface area contributed by atoms with Crippen molar-refractivity contribution in [2.24, 2.45) is 17.8 Å². The Labute approximate surface area is 720 Å². The third kappa shape index (κ3) is 23.4. The highest BCUT2D eigenvalue weighted by Crippen LogP contribution is 2.38. The largest absolute Gasteiger partial charge is 0.480 e. The number of ether oxygens (including phenoxy) is 3. The first-order chi connectivity index (χ1) is 56.7. The fourth-order valence-corrected chi connectivity index (χ4v) is 16.4. The number of rotatable bonds is 24. The topological polar surface area (TPSA) is 397 Å². The Balaban J connectivity index is 0.000000277. The van der Waals surface area contributed by atoms with Gasteiger partial charge in [-0.3, -0.25) is 56.6 Å². The van der Waals surface area contributed by atoms with E-state index in [1.165, 1.54) is 136 Å². The zero-order valence-corrected chi connectivity index (χ0v) is 69.8. The Hall–Kier alpha value is -12.0. The number of halogens is 10. The van der Waals surface area contributed by atoms with E-state index in [1.807, 2.05) is 0 Å². The van der Waals surface area contributed by atoms with Crippen LogP contribution < -0.4 is 61.0 Å². The second-order valence-corrected chi connectivity index (χ2v) is 32.2. The molecular formula is C79H81Cl3F7N15O15S4. The van der Waals surface area contributed by atoms with Gasteiger partial charge in [0.1, 0.15) is 66.7 Å². The van der Waals surface area contributed by atoms with E-state index in [1.54, 1.807) is 20.8 Å². The molecule has 656 valence electrons. The molecule has 0 saturated carbocycles. The highest BCUT2D eigenvalue weighted by molar-refractivity contribution is 7.93. The van der Waals surface area contributed by atoms with Crippen LogP contribution in [-0.4, -0.2) is 135 Å². The van der Waals surface area contributed by atoms with Crippen LogP contribution in [0.25, 0.3) is 66.1 Å². The number of fused-ring (bicyclic) bond motifs is 3. The molecule has 0 spiro atoms. The maximum atomic E-state index is 15.2. The zero-order valence-electron chi connectivity index (χ0n) is 64.3. The smallest absolute Gasteiger partial charge is 0.263 e. The molecule has 0 fully saturated rings. The van der Waals surface area contributed by atoms with Crippen LogP contribution >= 0.6 is 47.0 Å². The molecule has 6 N–H and O–H groups in total. The van der Waals surface area contributed by atoms with E-state index in [0.717, 1.165) is 72.8 Å². The van der Waals surface area contributed by atoms with Crippen LogP contribution in [0.2, 0.25) is 15.1 Å². The number of methoxy groups -OCH3 is 3. The van der Waals surface area contributed by atoms with Crippen molar-refractivity contribution in [3.8, 4) is 51.0 Å². The quantitative estimate of drug-likeness (QED) is 0.0306. The number of anilines is 3. The van der Waals surface area contributed by atoms with Crippen molar-refractivity contribution in [3.05, 3.63) is 228 Å². The van der Waals surface area contributed by atoms with Crippen LogP contribution in [0, 0.1) is 52.7 Å². The number of hydrogen-bond donors (Lipinski definition) is 6. The van der Waals surface area contributed by atoms with Gasteiger partial charge < -0.3 is 30.2 Å². The molecule has 6 heterocycles. The van der Waals surface area contributed by atoms with Crippen LogP contribution in [0.4, 0.5) is 47.3 Å². The van der Waals surface area contributed by atoms with E-state index < -0.39 is 114 Å². The number of amides is 3. The molecule has 30 nitrogen and oxygen atoms in total. The van der Waals surface area contributed by atoms with Crippen molar-refractivity contribution in [3.63, 3.8) is 0 Å². The molecule has 3 atom stereocenters. The molecule has 123 heavy (non-hydrogen) atoms. The first-order valence-corrected chi connectivity index (χ1v) is 41.4. The second kappa shape index (κ2) is 42.7. The van der Waals surface area contributed by atoms with Crippen LogP contribution in [0.3, 0.4) is 0 Å². The van der Waals surface area contributed by atoms with Gasteiger partial charge in [-0.1, -0.05) is 77.9 Å². The maximum Gasteiger partial charge on any atom is 0.263 e. The summed E-state index contributed by atoms with van der Waals surface area (Å²) in [4.78, 5) is 98.5. The Morgan fingerprint density at radius 1 is 0.415 bits per heavy atom. The minimum Gasteiger partial charge on any atom is -0.480 e. The number of nitrogens with zero attached hydrogens (tertiary/aromatic N) is 9. The molecule has 12 aromatic rings. The highest BCUT2D eigenvalue weighted by Gasteiger charge is 2.28. The number of nitrogens with one attached hydrogen (secondary N) is 6. The minimum absolute atomic E-state index is 0. The molecule has 0 aliphatic heterocycles. The molecule has 0 bridgehead atoms. The molecule has 0 saturated heterocycles. The van der Waals surface area contributed by atoms with Crippen molar-refractivity contribution < 1.29 is 84.1 Å². The highest BCUT2D eigenvalue weighted by atomic mass is 35.5. The number of carbonyl (C=O) groups is 3. The molecule has 6 aromatic heterocycles. The van der Waals surface area contributed by atoms with Gasteiger partial charge in [-0.2, -0.15) is 3.89 Å². The molecule has 44 heteroatoms. The SMILES string of the molecule is C.C.C.CNC(=O)C(C)Cn1cnc2cc(F)c(-c3cnc(OC)c(NS(=O)(=O)c4ccc(F)cc4Cl)c3)cc2c1=O.CNC(=O)[C@@H](C)Cn1cnc2cc(F)c(-c3cnc(OC)c(NS(=O)(=O)c4ccc(F)cc4Cl)c3)cc2c1=O.CNC(=O)[C@H](C)Cn1cnc2cc(F)c(-c3cnc(OC)c(NS(=O)(=O)c4ccc(F)cc4Cl)c3)cc2c1=O.CSF. The van der Waals surface area contributed by atoms with Crippen molar-refractivity contribution >= 4 is 145 Å². The van der Waals surface area contributed by atoms with E-state index in [4.69, 9.17) is 49.0 Å². The first-order valence-electron chi connectivity index (χ1n) is 34.7. The van der Waals surface area contributed by atoms with E-state index in [0.29, 0.717) is 0 Å². The van der Waals surface area contributed by atoms with Gasteiger partial charge in [-0.15, -0.1) is 0 Å². The fourth-order valence-electron chi connectivity index (χ4n) is 11.7. The van der Waals surface area contributed by atoms with E-state index >= 15 is 13.2 Å². The summed E-state index contributed by atoms with van der Waals surface area (Å²) < 4.78 is 200. The molecule has 0 radical (unpaired) electrons. The van der Waals surface area contributed by atoms with Gasteiger partial charge in [0.05, 0.1) is 106 Å². The maximum absolute atomic E-state index is 15.2. The normalized spacial score (nSPS) is 11.8. The predicted octanol–water partition coefficient (Wildman–Crippen LogP) is 13.9. The van der Waals surface area contributed by atoms with Crippen molar-refractivity contribution in [2.75, 3.05) is 62.9 Å². The molecule has 0 aliphatic rings. The standard InChI is InChI=1S/3C25H22ClF2N5O5S.CH3FS.3CH4/c3*1-13(23(34)29-2)11-33-12-31-20-9-19(28)16(8-17(20)25(33)35)14-6-21(24(38-3)30-10-14)32-39(36,37)22-5-4-15(27)7-18(22)26;1-3-2;;;/h3*4-10,12-13,32H,11H2,1-3H3,(H,29,34);1H3;3*1H4/t2*13-;;;;;/m10...../s1. The molecule has 6 aromatic carbocycles. The lowest BCUT2D eigenvalue weighted by Crippen LogP contribution is -2.32. The van der Waals surface area contributed by atoms with Crippen molar-refractivity contribution in [1.29, 1.82) is 0 Å². The van der Waals surface area contributed by atoms with Crippen molar-refractivity contribution in [1.82, 2.24) is 59.6 Å². The average Bonchev–Trinajstić information content (AvgIpc) is 0.777. The molecule has 1 unspecified atom stereocenters. The van der Waals surface area contributed by atoms with Crippen LogP contribution in [0.15, 0.2) is 176 Å². The molecular weight excluding hydrogens is 1770 g/mol. The van der Waals surface area contributed by atoms with Gasteiger partial charge in [-0.25, -0.2) is 81.5 Å². The average molecular weight is 1850 g/mol. The summed E-state index contributed by atoms with van der Waals surface area (Å²) in [5, 5.41) is 6.73. The van der Waals surface area contributed by atoms with Gasteiger partial charge >= 0.3 is 0 Å². The van der Waals surface area contributed by atoms with E-state index in [2.05, 4.69) is 60.0 Å². The fraction of sp³-hybridized carbons (Fsp3) is 0.241. The van der Waals surface area contributed by atoms with Crippen molar-refractivity contribution in [2.45, 2.75) is 77.4 Å². The number of aromatic nitrogens is 9. The first kappa shape index (κ1) is 99.8. The van der Waals surface area contributed by atoms with Crippen LogP contribution in [0.5, 0.6) is 17.6 Å². The van der Waals surface area contributed by atoms with Crippen LogP contribution in [-0.2, 0) is 64.1 Å². The monoisotopic (exact) mass is 1850 g/mol. The lowest BCUT2D eigenvalue weighted by Gasteiger charge is -2.14. The summed E-state index contributed by atoms with van der Waals surface area (Å²) in [7, 11) is -4.75. The minimum atomic E-state index is -4.33. The zero-order chi connectivity index (χ0) is 88.2. The number of hydrogen-bond acceptors (Lipinski definition) is 22. The summed E-state index contributed by atoms with van der Waals surface area (Å²) in [6.45, 7) is 5.10. The summed E-state index contributed by atoms with van der Waals surface area (Å²) in [5.74, 6) is -7.13.